The molecule has 0 aromatic heterocycles. The van der Waals surface area contributed by atoms with Crippen LogP contribution in [0.3, 0.4) is 0 Å². The van der Waals surface area contributed by atoms with Crippen LogP contribution in [-0.4, -0.2) is 0 Å². The molecule has 2 nitrogen and oxygen atoms in total. The number of rotatable bonds is 2. The minimum Gasteiger partial charge on any atom is -0.271 e. The van der Waals surface area contributed by atoms with Crippen molar-refractivity contribution in [3.63, 3.8) is 0 Å². The summed E-state index contributed by atoms with van der Waals surface area (Å²) < 4.78 is 36.7. The smallest absolute Gasteiger partial charge is 0.271 e. The van der Waals surface area contributed by atoms with Crippen LogP contribution in [0.25, 0.3) is 0 Å². The number of nitrogens with one attached hydrogen (secondary N) is 1. The molecule has 0 aliphatic heterocycles. The summed E-state index contributed by atoms with van der Waals surface area (Å²) in [4.78, 5) is 0. The van der Waals surface area contributed by atoms with Crippen LogP contribution >= 0.6 is 0 Å². The van der Waals surface area contributed by atoms with Crippen LogP contribution in [-0.2, 0) is 12.7 Å². The van der Waals surface area contributed by atoms with Crippen LogP contribution in [0.4, 0.5) is 13.2 Å². The van der Waals surface area contributed by atoms with E-state index in [0.29, 0.717) is 12.1 Å². The molecule has 0 saturated carbocycles. The Balaban J connectivity index is 3.01. The van der Waals surface area contributed by atoms with Gasteiger partial charge in [0.15, 0.2) is 0 Å². The molecule has 0 spiro atoms. The molecule has 0 unspecified atom stereocenters. The average molecular weight is 204 g/mol. The number of nitrogens with two attached hydrogens (primary N) is 1. The number of halogens is 3. The lowest BCUT2D eigenvalue weighted by atomic mass is 10.1. The summed E-state index contributed by atoms with van der Waals surface area (Å²) in [5, 5.41) is 0. The van der Waals surface area contributed by atoms with Gasteiger partial charge in [0.2, 0.25) is 0 Å². The molecule has 1 aromatic carbocycles. The monoisotopic (exact) mass is 204 g/mol. The number of hydrazine groups is 1. The van der Waals surface area contributed by atoms with Gasteiger partial charge in [-0.2, -0.15) is 13.2 Å². The summed E-state index contributed by atoms with van der Waals surface area (Å²) in [6.07, 6.45) is -4.28. The third-order valence-electron chi connectivity index (χ3n) is 1.96. The lowest BCUT2D eigenvalue weighted by molar-refractivity contribution is -0.137. The molecule has 14 heavy (non-hydrogen) atoms. The van der Waals surface area contributed by atoms with Crippen molar-refractivity contribution in [1.82, 2.24) is 5.43 Å². The maximum atomic E-state index is 12.2. The Hall–Kier alpha value is -1.07. The zero-order valence-electron chi connectivity index (χ0n) is 7.65. The third kappa shape index (κ3) is 2.46. The molecule has 0 aliphatic rings. The van der Waals surface area contributed by atoms with E-state index in [1.165, 1.54) is 6.07 Å². The molecule has 0 saturated heterocycles. The highest BCUT2D eigenvalue weighted by Gasteiger charge is 2.30. The van der Waals surface area contributed by atoms with Crippen LogP contribution in [0, 0.1) is 6.92 Å². The van der Waals surface area contributed by atoms with Crippen molar-refractivity contribution in [3.8, 4) is 0 Å². The van der Waals surface area contributed by atoms with Gasteiger partial charge in [-0.15, -0.1) is 0 Å². The lowest BCUT2D eigenvalue weighted by Gasteiger charge is -2.10. The van der Waals surface area contributed by atoms with Crippen LogP contribution in [0.5, 0.6) is 0 Å². The quantitative estimate of drug-likeness (QED) is 0.571. The standard InChI is InChI=1S/C9H11F3N2/c1-6-4-8(9(10,11)12)3-2-7(6)5-14-13/h2-4,14H,5,13H2,1H3. The van der Waals surface area contributed by atoms with Crippen LogP contribution in [0.1, 0.15) is 16.7 Å². The Morgan fingerprint density at radius 1 is 1.36 bits per heavy atom. The summed E-state index contributed by atoms with van der Waals surface area (Å²) >= 11 is 0. The Labute approximate surface area is 79.9 Å². The molecule has 0 atom stereocenters. The number of benzene rings is 1. The van der Waals surface area contributed by atoms with Crippen LogP contribution < -0.4 is 11.3 Å². The molecule has 5 heteroatoms. The molecular formula is C9H11F3N2. The molecular weight excluding hydrogens is 193 g/mol. The molecule has 78 valence electrons. The van der Waals surface area contributed by atoms with Crippen molar-refractivity contribution in [2.45, 2.75) is 19.6 Å². The fourth-order valence-corrected chi connectivity index (χ4v) is 1.18. The summed E-state index contributed by atoms with van der Waals surface area (Å²) in [5.74, 6) is 5.08. The second-order valence-corrected chi connectivity index (χ2v) is 3.02. The van der Waals surface area contributed by atoms with Crippen molar-refractivity contribution in [2.24, 2.45) is 5.84 Å². The highest BCUT2D eigenvalue weighted by Crippen LogP contribution is 2.30. The predicted molar refractivity (Wildman–Crippen MR) is 47.2 cm³/mol. The maximum absolute atomic E-state index is 12.2. The molecule has 1 aromatic rings. The topological polar surface area (TPSA) is 38.0 Å². The van der Waals surface area contributed by atoms with E-state index >= 15 is 0 Å². The van der Waals surface area contributed by atoms with Gasteiger partial charge >= 0.3 is 6.18 Å². The van der Waals surface area contributed by atoms with E-state index in [1.807, 2.05) is 0 Å². The number of alkyl halides is 3. The van der Waals surface area contributed by atoms with E-state index in [1.54, 1.807) is 6.92 Å². The highest BCUT2D eigenvalue weighted by atomic mass is 19.4. The van der Waals surface area contributed by atoms with Gasteiger partial charge < -0.3 is 0 Å². The zero-order valence-corrected chi connectivity index (χ0v) is 7.65. The van der Waals surface area contributed by atoms with Crippen molar-refractivity contribution < 1.29 is 13.2 Å². The summed E-state index contributed by atoms with van der Waals surface area (Å²) in [6, 6.07) is 3.60. The second kappa shape index (κ2) is 3.98. The van der Waals surface area contributed by atoms with Crippen molar-refractivity contribution in [1.29, 1.82) is 0 Å². The van der Waals surface area contributed by atoms with Gasteiger partial charge in [-0.3, -0.25) is 11.3 Å². The number of hydrogen-bond donors (Lipinski definition) is 2. The molecule has 0 fully saturated rings. The normalized spacial score (nSPS) is 11.8. The SMILES string of the molecule is Cc1cc(C(F)(F)F)ccc1CNN. The van der Waals surface area contributed by atoms with E-state index in [-0.39, 0.29) is 0 Å². The second-order valence-electron chi connectivity index (χ2n) is 3.02. The number of aryl methyl sites for hydroxylation is 1. The Kier molecular flexibility index (Phi) is 3.13. The third-order valence-corrected chi connectivity index (χ3v) is 1.96. The minimum absolute atomic E-state index is 0.365. The molecule has 0 radical (unpaired) electrons. The molecule has 3 N–H and O–H groups in total. The molecule has 0 aliphatic carbocycles. The van der Waals surface area contributed by atoms with Gasteiger partial charge in [0, 0.05) is 6.54 Å². The highest BCUT2D eigenvalue weighted by molar-refractivity contribution is 5.32. The zero-order chi connectivity index (χ0) is 10.8. The fourth-order valence-electron chi connectivity index (χ4n) is 1.18. The first-order chi connectivity index (χ1) is 6.45. The largest absolute Gasteiger partial charge is 0.416 e. The Morgan fingerprint density at radius 2 is 2.00 bits per heavy atom. The van der Waals surface area contributed by atoms with E-state index in [0.717, 1.165) is 17.7 Å². The van der Waals surface area contributed by atoms with E-state index < -0.39 is 11.7 Å². The molecule has 0 bridgehead atoms. The van der Waals surface area contributed by atoms with Gasteiger partial charge in [0.25, 0.3) is 0 Å². The van der Waals surface area contributed by atoms with Gasteiger partial charge in [-0.1, -0.05) is 6.07 Å². The van der Waals surface area contributed by atoms with Gasteiger partial charge in [-0.05, 0) is 30.2 Å². The van der Waals surface area contributed by atoms with Crippen molar-refractivity contribution >= 4 is 0 Å². The summed E-state index contributed by atoms with van der Waals surface area (Å²) in [5.41, 5.74) is 3.12. The van der Waals surface area contributed by atoms with Gasteiger partial charge in [0.05, 0.1) is 5.56 Å². The van der Waals surface area contributed by atoms with Crippen molar-refractivity contribution in [3.05, 3.63) is 34.9 Å². The lowest BCUT2D eigenvalue weighted by Crippen LogP contribution is -2.21. The summed E-state index contributed by atoms with van der Waals surface area (Å²) in [7, 11) is 0. The first-order valence-electron chi connectivity index (χ1n) is 4.05. The van der Waals surface area contributed by atoms with Crippen LogP contribution in [0.2, 0.25) is 0 Å². The number of hydrogen-bond acceptors (Lipinski definition) is 2. The van der Waals surface area contributed by atoms with Gasteiger partial charge in [-0.25, -0.2) is 0 Å². The molecule has 0 heterocycles. The first-order valence-corrected chi connectivity index (χ1v) is 4.05. The van der Waals surface area contributed by atoms with Crippen molar-refractivity contribution in [2.75, 3.05) is 0 Å². The Bertz CT molecular complexity index is 320. The predicted octanol–water partition coefficient (Wildman–Crippen LogP) is 1.98. The van der Waals surface area contributed by atoms with Crippen LogP contribution in [0.15, 0.2) is 18.2 Å². The van der Waals surface area contributed by atoms with Gasteiger partial charge in [0.1, 0.15) is 0 Å². The maximum Gasteiger partial charge on any atom is 0.416 e. The Morgan fingerprint density at radius 3 is 2.43 bits per heavy atom. The molecule has 1 rings (SSSR count). The molecule has 0 amide bonds. The summed E-state index contributed by atoms with van der Waals surface area (Å²) in [6.45, 7) is 1.99. The van der Waals surface area contributed by atoms with E-state index in [9.17, 15) is 13.2 Å². The minimum atomic E-state index is -4.28. The van der Waals surface area contributed by atoms with E-state index in [2.05, 4.69) is 5.43 Å². The van der Waals surface area contributed by atoms with E-state index in [4.69, 9.17) is 5.84 Å². The first kappa shape index (κ1) is 11.0. The average Bonchev–Trinajstić information content (AvgIpc) is 2.07. The fraction of sp³-hybridized carbons (Fsp3) is 0.333.